The highest BCUT2D eigenvalue weighted by molar-refractivity contribution is 4.72. The van der Waals surface area contributed by atoms with Crippen molar-refractivity contribution in [1.82, 2.24) is 4.90 Å². The maximum Gasteiger partial charge on any atom is 0.134 e. The first-order valence-electron chi connectivity index (χ1n) is 3.40. The fraction of sp³-hybridized carbons (Fsp3) is 1.00. The maximum absolute atomic E-state index is 5.36. The Balaban J connectivity index is 1.97. The second-order valence-corrected chi connectivity index (χ2v) is 2.44. The van der Waals surface area contributed by atoms with Crippen LogP contribution in [-0.4, -0.2) is 44.0 Å². The molecule has 2 aliphatic rings. The van der Waals surface area contributed by atoms with Crippen LogP contribution in [-0.2, 0) is 9.47 Å². The molecular weight excluding hydrogens is 118 g/mol. The lowest BCUT2D eigenvalue weighted by atomic mass is 10.4. The van der Waals surface area contributed by atoms with Crippen LogP contribution in [0.5, 0.6) is 0 Å². The molecule has 3 nitrogen and oxygen atoms in total. The summed E-state index contributed by atoms with van der Waals surface area (Å²) in [7, 11) is 0. The van der Waals surface area contributed by atoms with Gasteiger partial charge in [0, 0.05) is 13.1 Å². The highest BCUT2D eigenvalue weighted by Gasteiger charge is 2.27. The van der Waals surface area contributed by atoms with Gasteiger partial charge >= 0.3 is 0 Å². The summed E-state index contributed by atoms with van der Waals surface area (Å²) in [6.07, 6.45) is 0.277. The van der Waals surface area contributed by atoms with Gasteiger partial charge in [-0.05, 0) is 0 Å². The van der Waals surface area contributed by atoms with E-state index in [1.54, 1.807) is 0 Å². The molecule has 52 valence electrons. The molecule has 2 rings (SSSR count). The predicted molar refractivity (Wildman–Crippen MR) is 32.1 cm³/mol. The van der Waals surface area contributed by atoms with Gasteiger partial charge in [-0.3, -0.25) is 4.90 Å². The van der Waals surface area contributed by atoms with Gasteiger partial charge in [-0.1, -0.05) is 0 Å². The molecule has 0 amide bonds. The molecule has 1 unspecified atom stereocenters. The van der Waals surface area contributed by atoms with Crippen molar-refractivity contribution in [3.63, 3.8) is 0 Å². The van der Waals surface area contributed by atoms with Gasteiger partial charge in [0.15, 0.2) is 0 Å². The lowest BCUT2D eigenvalue weighted by molar-refractivity contribution is -0.0799. The Bertz CT molecular complexity index is 95.2. The van der Waals surface area contributed by atoms with Crippen LogP contribution in [0.3, 0.4) is 0 Å². The van der Waals surface area contributed by atoms with E-state index in [1.165, 1.54) is 0 Å². The fourth-order valence-corrected chi connectivity index (χ4v) is 1.33. The smallest absolute Gasteiger partial charge is 0.134 e. The molecule has 1 atom stereocenters. The van der Waals surface area contributed by atoms with Gasteiger partial charge in [0.2, 0.25) is 0 Å². The number of hydrogen-bond donors (Lipinski definition) is 0. The molecule has 0 spiro atoms. The lowest BCUT2D eigenvalue weighted by Crippen LogP contribution is -2.41. The van der Waals surface area contributed by atoms with E-state index >= 15 is 0 Å². The zero-order chi connectivity index (χ0) is 6.10. The fourth-order valence-electron chi connectivity index (χ4n) is 1.33. The number of hydrogen-bond acceptors (Lipinski definition) is 3. The van der Waals surface area contributed by atoms with Crippen molar-refractivity contribution in [2.75, 3.05) is 32.9 Å². The zero-order valence-electron chi connectivity index (χ0n) is 5.38. The third kappa shape index (κ3) is 0.956. The van der Waals surface area contributed by atoms with Crippen molar-refractivity contribution in [1.29, 1.82) is 0 Å². The Labute approximate surface area is 54.5 Å². The molecule has 0 radical (unpaired) electrons. The van der Waals surface area contributed by atoms with E-state index in [9.17, 15) is 0 Å². The number of ether oxygens (including phenoxy) is 2. The Hall–Kier alpha value is -0.120. The number of fused-ring (bicyclic) bond motifs is 1. The van der Waals surface area contributed by atoms with Crippen molar-refractivity contribution >= 4 is 0 Å². The van der Waals surface area contributed by atoms with Gasteiger partial charge in [-0.2, -0.15) is 0 Å². The summed E-state index contributed by atoms with van der Waals surface area (Å²) in [5, 5.41) is 0. The van der Waals surface area contributed by atoms with Crippen LogP contribution in [0.1, 0.15) is 0 Å². The maximum atomic E-state index is 5.36. The number of rotatable bonds is 0. The van der Waals surface area contributed by atoms with E-state index in [4.69, 9.17) is 9.47 Å². The highest BCUT2D eigenvalue weighted by Crippen LogP contribution is 2.12. The van der Waals surface area contributed by atoms with E-state index in [1.807, 2.05) is 0 Å². The minimum Gasteiger partial charge on any atom is -0.376 e. The minimum absolute atomic E-state index is 0.277. The molecular formula is C6H11NO2. The molecule has 3 heteroatoms. The lowest BCUT2D eigenvalue weighted by Gasteiger charge is -2.27. The molecule has 2 heterocycles. The average Bonchev–Trinajstić information content (AvgIpc) is 2.33. The molecule has 0 aromatic carbocycles. The van der Waals surface area contributed by atoms with Gasteiger partial charge in [0.05, 0.1) is 19.8 Å². The van der Waals surface area contributed by atoms with Crippen LogP contribution in [0.15, 0.2) is 0 Å². The summed E-state index contributed by atoms with van der Waals surface area (Å²) in [5.41, 5.74) is 0. The first-order chi connectivity index (χ1) is 4.47. The Kier molecular flexibility index (Phi) is 1.41. The second kappa shape index (κ2) is 2.25. The van der Waals surface area contributed by atoms with Crippen LogP contribution in [0.4, 0.5) is 0 Å². The second-order valence-electron chi connectivity index (χ2n) is 2.44. The minimum atomic E-state index is 0.277. The molecule has 2 aliphatic heterocycles. The quantitative estimate of drug-likeness (QED) is 0.447. The van der Waals surface area contributed by atoms with Gasteiger partial charge in [-0.25, -0.2) is 0 Å². The first kappa shape index (κ1) is 5.65. The Morgan fingerprint density at radius 2 is 2.11 bits per heavy atom. The predicted octanol–water partition coefficient (Wildman–Crippen LogP) is -0.325. The molecule has 0 bridgehead atoms. The van der Waals surface area contributed by atoms with Crippen molar-refractivity contribution in [2.24, 2.45) is 0 Å². The summed E-state index contributed by atoms with van der Waals surface area (Å²) in [6, 6.07) is 0. The molecule has 0 aromatic rings. The van der Waals surface area contributed by atoms with Crippen LogP contribution in [0.25, 0.3) is 0 Å². The van der Waals surface area contributed by atoms with E-state index in [2.05, 4.69) is 4.90 Å². The summed E-state index contributed by atoms with van der Waals surface area (Å²) in [4.78, 5) is 2.32. The monoisotopic (exact) mass is 129 g/mol. The van der Waals surface area contributed by atoms with Crippen LogP contribution >= 0.6 is 0 Å². The van der Waals surface area contributed by atoms with Crippen molar-refractivity contribution < 1.29 is 9.47 Å². The number of nitrogens with zero attached hydrogens (tertiary/aromatic N) is 1. The van der Waals surface area contributed by atoms with E-state index < -0.39 is 0 Å². The van der Waals surface area contributed by atoms with Crippen molar-refractivity contribution in [3.8, 4) is 0 Å². The zero-order valence-corrected chi connectivity index (χ0v) is 5.38. The topological polar surface area (TPSA) is 21.7 Å². The van der Waals surface area contributed by atoms with Crippen LogP contribution in [0, 0.1) is 0 Å². The normalized spacial score (nSPS) is 36.7. The Morgan fingerprint density at radius 3 is 3.00 bits per heavy atom. The standard InChI is InChI=1S/C6H11NO2/c1-3-8-5-6-7(1)2-4-9-6/h6H,1-5H2. The molecule has 2 fully saturated rings. The molecule has 0 aliphatic carbocycles. The highest BCUT2D eigenvalue weighted by atomic mass is 16.6. The van der Waals surface area contributed by atoms with Crippen molar-refractivity contribution in [2.45, 2.75) is 6.23 Å². The molecule has 2 saturated heterocycles. The van der Waals surface area contributed by atoms with Crippen LogP contribution < -0.4 is 0 Å². The van der Waals surface area contributed by atoms with E-state index in [0.717, 1.165) is 32.9 Å². The summed E-state index contributed by atoms with van der Waals surface area (Å²) in [6.45, 7) is 4.66. The average molecular weight is 129 g/mol. The first-order valence-corrected chi connectivity index (χ1v) is 3.40. The third-order valence-corrected chi connectivity index (χ3v) is 1.88. The van der Waals surface area contributed by atoms with E-state index in [-0.39, 0.29) is 6.23 Å². The summed E-state index contributed by atoms with van der Waals surface area (Å²) >= 11 is 0. The van der Waals surface area contributed by atoms with E-state index in [0.29, 0.717) is 0 Å². The molecule has 0 aromatic heterocycles. The van der Waals surface area contributed by atoms with Gasteiger partial charge in [0.1, 0.15) is 6.23 Å². The summed E-state index contributed by atoms with van der Waals surface area (Å²) in [5.74, 6) is 0. The summed E-state index contributed by atoms with van der Waals surface area (Å²) < 4.78 is 10.6. The number of morpholine rings is 1. The Morgan fingerprint density at radius 1 is 1.22 bits per heavy atom. The van der Waals surface area contributed by atoms with Gasteiger partial charge < -0.3 is 9.47 Å². The molecule has 0 saturated carbocycles. The van der Waals surface area contributed by atoms with Crippen LogP contribution in [0.2, 0.25) is 0 Å². The SMILES string of the molecule is C1CN2CCOC2CO1. The van der Waals surface area contributed by atoms with Crippen molar-refractivity contribution in [3.05, 3.63) is 0 Å². The largest absolute Gasteiger partial charge is 0.376 e. The third-order valence-electron chi connectivity index (χ3n) is 1.88. The van der Waals surface area contributed by atoms with Gasteiger partial charge in [0.25, 0.3) is 0 Å². The molecule has 9 heavy (non-hydrogen) atoms. The van der Waals surface area contributed by atoms with Gasteiger partial charge in [-0.15, -0.1) is 0 Å². The molecule has 0 N–H and O–H groups in total.